The molecule has 22 heavy (non-hydrogen) atoms. The van der Waals surface area contributed by atoms with Crippen LogP contribution in [0, 0.1) is 0 Å². The number of hydrogen-bond acceptors (Lipinski definition) is 4. The van der Waals surface area contributed by atoms with Gasteiger partial charge in [-0.05, 0) is 45.2 Å². The zero-order valence-corrected chi connectivity index (χ0v) is 13.9. The van der Waals surface area contributed by atoms with Gasteiger partial charge in [0.15, 0.2) is 0 Å². The first-order chi connectivity index (χ1) is 10.7. The van der Waals surface area contributed by atoms with E-state index in [4.69, 9.17) is 4.74 Å². The molecule has 5 nitrogen and oxygen atoms in total. The van der Waals surface area contributed by atoms with E-state index in [1.807, 2.05) is 6.92 Å². The molecule has 1 aliphatic carbocycles. The molecule has 2 atom stereocenters. The minimum absolute atomic E-state index is 0.0118. The van der Waals surface area contributed by atoms with Gasteiger partial charge >= 0.3 is 0 Å². The van der Waals surface area contributed by atoms with Crippen molar-refractivity contribution in [3.05, 3.63) is 0 Å². The van der Waals surface area contributed by atoms with E-state index in [0.29, 0.717) is 6.42 Å². The first kappa shape index (κ1) is 17.7. The van der Waals surface area contributed by atoms with Crippen molar-refractivity contribution in [1.29, 1.82) is 0 Å². The predicted octanol–water partition coefficient (Wildman–Crippen LogP) is 1.69. The Labute approximate surface area is 134 Å². The van der Waals surface area contributed by atoms with Crippen molar-refractivity contribution in [2.45, 2.75) is 76.5 Å². The van der Waals surface area contributed by atoms with Crippen LogP contribution in [0.5, 0.6) is 0 Å². The molecule has 2 fully saturated rings. The van der Waals surface area contributed by atoms with E-state index in [0.717, 1.165) is 32.5 Å². The number of hydrogen-bond donors (Lipinski definition) is 2. The van der Waals surface area contributed by atoms with Crippen molar-refractivity contribution in [3.8, 4) is 0 Å². The van der Waals surface area contributed by atoms with Crippen molar-refractivity contribution in [1.82, 2.24) is 10.2 Å². The van der Waals surface area contributed by atoms with Gasteiger partial charge in [-0.15, -0.1) is 0 Å². The highest BCUT2D eigenvalue weighted by molar-refractivity contribution is 5.81. The number of aliphatic hydroxyl groups is 1. The van der Waals surface area contributed by atoms with Crippen molar-refractivity contribution in [2.75, 3.05) is 26.2 Å². The summed E-state index contributed by atoms with van der Waals surface area (Å²) >= 11 is 0. The summed E-state index contributed by atoms with van der Waals surface area (Å²) in [5.74, 6) is -0.0636. The lowest BCUT2D eigenvalue weighted by Gasteiger charge is -2.28. The third kappa shape index (κ3) is 5.52. The smallest absolute Gasteiger partial charge is 0.249 e. The Balaban J connectivity index is 1.78. The van der Waals surface area contributed by atoms with Crippen LogP contribution < -0.4 is 5.32 Å². The average Bonchev–Trinajstić information content (AvgIpc) is 3.05. The van der Waals surface area contributed by atoms with Crippen molar-refractivity contribution in [2.24, 2.45) is 0 Å². The lowest BCUT2D eigenvalue weighted by Crippen LogP contribution is -2.49. The van der Waals surface area contributed by atoms with E-state index in [-0.39, 0.29) is 30.8 Å². The lowest BCUT2D eigenvalue weighted by molar-refractivity contribution is -0.139. The van der Waals surface area contributed by atoms with Crippen LogP contribution in [0.3, 0.4) is 0 Å². The van der Waals surface area contributed by atoms with Crippen LogP contribution in [0.25, 0.3) is 0 Å². The molecule has 0 unspecified atom stereocenters. The summed E-state index contributed by atoms with van der Waals surface area (Å²) in [6.07, 6.45) is 8.81. The molecule has 1 amide bonds. The van der Waals surface area contributed by atoms with E-state index in [1.165, 1.54) is 32.1 Å². The van der Waals surface area contributed by atoms with Crippen molar-refractivity contribution in [3.63, 3.8) is 0 Å². The van der Waals surface area contributed by atoms with Gasteiger partial charge in [0.25, 0.3) is 0 Å². The minimum atomic E-state index is -0.379. The number of aliphatic hydroxyl groups excluding tert-OH is 1. The molecule has 1 saturated carbocycles. The summed E-state index contributed by atoms with van der Waals surface area (Å²) in [6.45, 7) is 4.86. The summed E-state index contributed by atoms with van der Waals surface area (Å²) in [7, 11) is 0. The third-order valence-electron chi connectivity index (χ3n) is 4.82. The standard InChI is InChI=1S/C17H32N2O3/c1-2-16(22-15-8-4-3-5-9-15)17(21)18-14(13-20)12-19-10-6-7-11-19/h14-16,20H,2-13H2,1H3,(H,18,21)/t14-,16+/m1/s1. The van der Waals surface area contributed by atoms with Crippen LogP contribution in [0.1, 0.15) is 58.3 Å². The molecule has 0 spiro atoms. The maximum atomic E-state index is 12.4. The molecule has 0 bridgehead atoms. The summed E-state index contributed by atoms with van der Waals surface area (Å²) in [4.78, 5) is 14.7. The number of carbonyl (C=O) groups excluding carboxylic acids is 1. The summed E-state index contributed by atoms with van der Waals surface area (Å²) in [5, 5.41) is 12.5. The molecule has 0 aromatic carbocycles. The van der Waals surface area contributed by atoms with E-state index in [2.05, 4.69) is 10.2 Å². The van der Waals surface area contributed by atoms with Gasteiger partial charge in [0.05, 0.1) is 18.8 Å². The quantitative estimate of drug-likeness (QED) is 0.716. The molecule has 1 saturated heterocycles. The first-order valence-electron chi connectivity index (χ1n) is 9.02. The zero-order chi connectivity index (χ0) is 15.8. The molecular formula is C17H32N2O3. The predicted molar refractivity (Wildman–Crippen MR) is 86.7 cm³/mol. The normalized spacial score (nSPS) is 23.4. The molecule has 0 radical (unpaired) electrons. The van der Waals surface area contributed by atoms with Crippen LogP contribution in [0.15, 0.2) is 0 Å². The maximum absolute atomic E-state index is 12.4. The first-order valence-corrected chi connectivity index (χ1v) is 9.02. The van der Waals surface area contributed by atoms with Gasteiger partial charge in [-0.2, -0.15) is 0 Å². The number of carbonyl (C=O) groups is 1. The lowest BCUT2D eigenvalue weighted by atomic mass is 9.97. The van der Waals surface area contributed by atoms with Gasteiger partial charge in [0, 0.05) is 6.54 Å². The van der Waals surface area contributed by atoms with Crippen molar-refractivity contribution >= 4 is 5.91 Å². The van der Waals surface area contributed by atoms with E-state index in [1.54, 1.807) is 0 Å². The van der Waals surface area contributed by atoms with Gasteiger partial charge < -0.3 is 20.1 Å². The number of ether oxygens (including phenoxy) is 1. The molecule has 1 aliphatic heterocycles. The monoisotopic (exact) mass is 312 g/mol. The summed E-state index contributed by atoms with van der Waals surface area (Å²) < 4.78 is 6.01. The average molecular weight is 312 g/mol. The molecule has 2 aliphatic rings. The van der Waals surface area contributed by atoms with E-state index >= 15 is 0 Å². The zero-order valence-electron chi connectivity index (χ0n) is 13.9. The third-order valence-corrected chi connectivity index (χ3v) is 4.82. The second kappa shape index (κ2) is 9.48. The fourth-order valence-corrected chi connectivity index (χ4v) is 3.50. The minimum Gasteiger partial charge on any atom is -0.394 e. The molecule has 5 heteroatoms. The summed E-state index contributed by atoms with van der Waals surface area (Å²) in [6, 6.07) is -0.186. The van der Waals surface area contributed by atoms with Gasteiger partial charge in [-0.25, -0.2) is 0 Å². The molecule has 2 rings (SSSR count). The maximum Gasteiger partial charge on any atom is 0.249 e. The van der Waals surface area contributed by atoms with Crippen molar-refractivity contribution < 1.29 is 14.6 Å². The second-order valence-corrected chi connectivity index (χ2v) is 6.69. The topological polar surface area (TPSA) is 61.8 Å². The van der Waals surface area contributed by atoms with Gasteiger partial charge in [-0.1, -0.05) is 26.2 Å². The molecule has 1 heterocycles. The number of rotatable bonds is 8. The number of nitrogens with zero attached hydrogens (tertiary/aromatic N) is 1. The highest BCUT2D eigenvalue weighted by atomic mass is 16.5. The molecule has 0 aromatic rings. The highest BCUT2D eigenvalue weighted by Crippen LogP contribution is 2.22. The number of amides is 1. The van der Waals surface area contributed by atoms with Crippen LogP contribution in [0.4, 0.5) is 0 Å². The van der Waals surface area contributed by atoms with Gasteiger partial charge in [0.1, 0.15) is 6.10 Å². The number of nitrogens with one attached hydrogen (secondary N) is 1. The Morgan fingerprint density at radius 2 is 1.91 bits per heavy atom. The van der Waals surface area contributed by atoms with Crippen LogP contribution in [-0.4, -0.2) is 60.4 Å². The number of likely N-dealkylation sites (tertiary alicyclic amines) is 1. The fourth-order valence-electron chi connectivity index (χ4n) is 3.50. The Bertz CT molecular complexity index is 326. The highest BCUT2D eigenvalue weighted by Gasteiger charge is 2.26. The second-order valence-electron chi connectivity index (χ2n) is 6.69. The van der Waals surface area contributed by atoms with E-state index in [9.17, 15) is 9.90 Å². The molecular weight excluding hydrogens is 280 g/mol. The van der Waals surface area contributed by atoms with E-state index < -0.39 is 0 Å². The Hall–Kier alpha value is -0.650. The van der Waals surface area contributed by atoms with Gasteiger partial charge in [-0.3, -0.25) is 4.79 Å². The van der Waals surface area contributed by atoms with Crippen LogP contribution in [-0.2, 0) is 9.53 Å². The van der Waals surface area contributed by atoms with Gasteiger partial charge in [0.2, 0.25) is 5.91 Å². The molecule has 0 aromatic heterocycles. The fraction of sp³-hybridized carbons (Fsp3) is 0.941. The molecule has 2 N–H and O–H groups in total. The Morgan fingerprint density at radius 1 is 1.23 bits per heavy atom. The summed E-state index contributed by atoms with van der Waals surface area (Å²) in [5.41, 5.74) is 0. The Morgan fingerprint density at radius 3 is 2.50 bits per heavy atom. The Kier molecular flexibility index (Phi) is 7.63. The van der Waals surface area contributed by atoms with Crippen LogP contribution in [0.2, 0.25) is 0 Å². The largest absolute Gasteiger partial charge is 0.394 e. The SMILES string of the molecule is CC[C@H](OC1CCCCC1)C(=O)N[C@@H](CO)CN1CCCC1. The molecule has 128 valence electrons. The van der Waals surface area contributed by atoms with Crippen LogP contribution >= 0.6 is 0 Å².